The first-order valence-corrected chi connectivity index (χ1v) is 6.59. The van der Waals surface area contributed by atoms with Crippen LogP contribution in [-0.4, -0.2) is 41.0 Å². The fourth-order valence-electron chi connectivity index (χ4n) is 2.59. The summed E-state index contributed by atoms with van der Waals surface area (Å²) in [5, 5.41) is 11.2. The molecule has 0 unspecified atom stereocenters. The largest absolute Gasteiger partial charge is 0.372 e. The zero-order chi connectivity index (χ0) is 14.9. The molecule has 0 saturated carbocycles. The highest BCUT2D eigenvalue weighted by Gasteiger charge is 2.31. The molecule has 1 fully saturated rings. The van der Waals surface area contributed by atoms with Crippen molar-refractivity contribution >= 4 is 11.6 Å². The predicted molar refractivity (Wildman–Crippen MR) is 73.7 cm³/mol. The van der Waals surface area contributed by atoms with Gasteiger partial charge in [-0.2, -0.15) is 0 Å². The van der Waals surface area contributed by atoms with E-state index < -0.39 is 4.92 Å². The van der Waals surface area contributed by atoms with E-state index in [1.807, 2.05) is 13.8 Å². The highest BCUT2D eigenvalue weighted by atomic mass is 16.6. The van der Waals surface area contributed by atoms with Crippen molar-refractivity contribution in [2.45, 2.75) is 33.0 Å². The van der Waals surface area contributed by atoms with E-state index in [-0.39, 0.29) is 29.4 Å². The van der Waals surface area contributed by atoms with Crippen LogP contribution in [0.4, 0.5) is 5.69 Å². The lowest BCUT2D eigenvalue weighted by Crippen LogP contribution is -2.48. The van der Waals surface area contributed by atoms with Crippen LogP contribution in [0.15, 0.2) is 18.2 Å². The number of ether oxygens (including phenoxy) is 1. The highest BCUT2D eigenvalue weighted by molar-refractivity contribution is 5.98. The number of hydrogen-bond acceptors (Lipinski definition) is 4. The normalized spacial score (nSPS) is 22.6. The fourth-order valence-corrected chi connectivity index (χ4v) is 2.59. The molecule has 0 aromatic heterocycles. The van der Waals surface area contributed by atoms with Gasteiger partial charge < -0.3 is 9.64 Å². The Morgan fingerprint density at radius 2 is 1.95 bits per heavy atom. The van der Waals surface area contributed by atoms with Crippen LogP contribution in [0, 0.1) is 17.0 Å². The summed E-state index contributed by atoms with van der Waals surface area (Å²) in [6.07, 6.45) is -0.127. The Balaban J connectivity index is 2.34. The zero-order valence-corrected chi connectivity index (χ0v) is 11.8. The zero-order valence-electron chi connectivity index (χ0n) is 11.8. The number of nitro benzene ring substituents is 1. The van der Waals surface area contributed by atoms with E-state index in [4.69, 9.17) is 4.74 Å². The van der Waals surface area contributed by atoms with Gasteiger partial charge in [0.15, 0.2) is 0 Å². The number of aryl methyl sites for hydroxylation is 1. The molecule has 20 heavy (non-hydrogen) atoms. The number of rotatable bonds is 2. The van der Waals surface area contributed by atoms with Crippen LogP contribution in [-0.2, 0) is 4.74 Å². The Morgan fingerprint density at radius 3 is 2.50 bits per heavy atom. The van der Waals surface area contributed by atoms with E-state index in [0.29, 0.717) is 18.7 Å². The number of amides is 1. The van der Waals surface area contributed by atoms with Gasteiger partial charge in [0.2, 0.25) is 0 Å². The first kappa shape index (κ1) is 14.5. The van der Waals surface area contributed by atoms with E-state index >= 15 is 0 Å². The first-order chi connectivity index (χ1) is 9.40. The molecule has 2 atom stereocenters. The maximum Gasteiger partial charge on any atom is 0.285 e. The molecule has 0 bridgehead atoms. The van der Waals surface area contributed by atoms with Crippen molar-refractivity contribution in [1.29, 1.82) is 0 Å². The quantitative estimate of drug-likeness (QED) is 0.613. The Kier molecular flexibility index (Phi) is 4.04. The molecular weight excluding hydrogens is 260 g/mol. The van der Waals surface area contributed by atoms with Gasteiger partial charge in [0.25, 0.3) is 11.6 Å². The van der Waals surface area contributed by atoms with Gasteiger partial charge in [-0.05, 0) is 26.8 Å². The second-order valence-corrected chi connectivity index (χ2v) is 5.20. The van der Waals surface area contributed by atoms with Gasteiger partial charge in [-0.25, -0.2) is 0 Å². The molecule has 1 aliphatic heterocycles. The molecule has 0 N–H and O–H groups in total. The third-order valence-electron chi connectivity index (χ3n) is 3.36. The number of carbonyl (C=O) groups excluding carboxylic acids is 1. The Labute approximate surface area is 117 Å². The average Bonchev–Trinajstić information content (AvgIpc) is 2.35. The lowest BCUT2D eigenvalue weighted by atomic mass is 10.1. The number of hydrogen-bond donors (Lipinski definition) is 0. The van der Waals surface area contributed by atoms with Crippen molar-refractivity contribution in [3.05, 3.63) is 39.4 Å². The molecule has 108 valence electrons. The first-order valence-electron chi connectivity index (χ1n) is 6.59. The van der Waals surface area contributed by atoms with E-state index in [9.17, 15) is 14.9 Å². The van der Waals surface area contributed by atoms with Crippen LogP contribution < -0.4 is 0 Å². The number of morpholine rings is 1. The van der Waals surface area contributed by atoms with Gasteiger partial charge in [-0.3, -0.25) is 14.9 Å². The summed E-state index contributed by atoms with van der Waals surface area (Å²) >= 11 is 0. The lowest BCUT2D eigenvalue weighted by Gasteiger charge is -2.35. The molecule has 2 rings (SSSR count). The SMILES string of the molecule is Cc1cccc(C(=O)N2C[C@@H](C)O[C@@H](C)C2)c1[N+](=O)[O-]. The summed E-state index contributed by atoms with van der Waals surface area (Å²) in [5.74, 6) is -0.303. The minimum absolute atomic E-state index is 0.0634. The van der Waals surface area contributed by atoms with Gasteiger partial charge in [0, 0.05) is 18.7 Å². The summed E-state index contributed by atoms with van der Waals surface area (Å²) < 4.78 is 5.58. The van der Waals surface area contributed by atoms with E-state index in [2.05, 4.69) is 0 Å². The smallest absolute Gasteiger partial charge is 0.285 e. The molecule has 0 radical (unpaired) electrons. The number of benzene rings is 1. The molecule has 1 aromatic rings. The van der Waals surface area contributed by atoms with Crippen molar-refractivity contribution in [2.24, 2.45) is 0 Å². The van der Waals surface area contributed by atoms with Gasteiger partial charge in [0.1, 0.15) is 5.56 Å². The van der Waals surface area contributed by atoms with Gasteiger partial charge in [0.05, 0.1) is 17.1 Å². The minimum Gasteiger partial charge on any atom is -0.372 e. The standard InChI is InChI=1S/C14H18N2O4/c1-9-5-4-6-12(13(9)16(18)19)14(17)15-7-10(2)20-11(3)8-15/h4-6,10-11H,7-8H2,1-3H3/t10-,11+. The summed E-state index contributed by atoms with van der Waals surface area (Å²) in [6.45, 7) is 6.32. The fraction of sp³-hybridized carbons (Fsp3) is 0.500. The third-order valence-corrected chi connectivity index (χ3v) is 3.36. The van der Waals surface area contributed by atoms with Crippen LogP contribution in [0.25, 0.3) is 0 Å². The average molecular weight is 278 g/mol. The topological polar surface area (TPSA) is 72.7 Å². The molecule has 0 aliphatic carbocycles. The van der Waals surface area contributed by atoms with Gasteiger partial charge in [-0.15, -0.1) is 0 Å². The van der Waals surface area contributed by atoms with Crippen molar-refractivity contribution < 1.29 is 14.5 Å². The highest BCUT2D eigenvalue weighted by Crippen LogP contribution is 2.25. The Bertz CT molecular complexity index is 534. The maximum atomic E-state index is 12.5. The summed E-state index contributed by atoms with van der Waals surface area (Å²) in [7, 11) is 0. The van der Waals surface area contributed by atoms with Gasteiger partial charge in [-0.1, -0.05) is 12.1 Å². The van der Waals surface area contributed by atoms with Crippen LogP contribution in [0.2, 0.25) is 0 Å². The molecule has 0 spiro atoms. The van der Waals surface area contributed by atoms with Crippen molar-refractivity contribution in [1.82, 2.24) is 4.90 Å². The Morgan fingerprint density at radius 1 is 1.35 bits per heavy atom. The van der Waals surface area contributed by atoms with Crippen LogP contribution in [0.5, 0.6) is 0 Å². The summed E-state index contributed by atoms with van der Waals surface area (Å²) in [5.41, 5.74) is 0.538. The second kappa shape index (κ2) is 5.58. The number of carbonyl (C=O) groups is 1. The van der Waals surface area contributed by atoms with Crippen molar-refractivity contribution in [3.8, 4) is 0 Å². The summed E-state index contributed by atoms with van der Waals surface area (Å²) in [6, 6.07) is 4.82. The van der Waals surface area contributed by atoms with Crippen molar-refractivity contribution in [2.75, 3.05) is 13.1 Å². The molecule has 1 aromatic carbocycles. The molecule has 6 nitrogen and oxygen atoms in total. The van der Waals surface area contributed by atoms with Crippen LogP contribution >= 0.6 is 0 Å². The summed E-state index contributed by atoms with van der Waals surface area (Å²) in [4.78, 5) is 24.8. The molecule has 1 aliphatic rings. The monoisotopic (exact) mass is 278 g/mol. The maximum absolute atomic E-state index is 12.5. The molecular formula is C14H18N2O4. The molecule has 6 heteroatoms. The van der Waals surface area contributed by atoms with Crippen LogP contribution in [0.1, 0.15) is 29.8 Å². The lowest BCUT2D eigenvalue weighted by molar-refractivity contribution is -0.385. The second-order valence-electron chi connectivity index (χ2n) is 5.20. The number of nitrogens with zero attached hydrogens (tertiary/aromatic N) is 2. The number of para-hydroxylation sites is 1. The Hall–Kier alpha value is -1.95. The van der Waals surface area contributed by atoms with E-state index in [1.165, 1.54) is 6.07 Å². The number of nitro groups is 1. The van der Waals surface area contributed by atoms with Gasteiger partial charge >= 0.3 is 0 Å². The molecule has 1 saturated heterocycles. The molecule has 1 heterocycles. The van der Waals surface area contributed by atoms with Crippen LogP contribution in [0.3, 0.4) is 0 Å². The van der Waals surface area contributed by atoms with E-state index in [0.717, 1.165) is 0 Å². The minimum atomic E-state index is -0.490. The van der Waals surface area contributed by atoms with Crippen molar-refractivity contribution in [3.63, 3.8) is 0 Å². The third kappa shape index (κ3) is 2.80. The predicted octanol–water partition coefficient (Wildman–Crippen LogP) is 2.15. The molecule has 1 amide bonds. The van der Waals surface area contributed by atoms with E-state index in [1.54, 1.807) is 24.0 Å².